The maximum atomic E-state index is 13.1. The van der Waals surface area contributed by atoms with Crippen LogP contribution in [0.25, 0.3) is 0 Å². The van der Waals surface area contributed by atoms with Gasteiger partial charge in [0.15, 0.2) is 0 Å². The molecule has 8 nitrogen and oxygen atoms in total. The van der Waals surface area contributed by atoms with Crippen molar-refractivity contribution >= 4 is 33.1 Å². The first-order valence-corrected chi connectivity index (χ1v) is 11.9. The Morgan fingerprint density at radius 1 is 1.06 bits per heavy atom. The number of hydrogen-bond donors (Lipinski definition) is 2. The predicted molar refractivity (Wildman–Crippen MR) is 123 cm³/mol. The van der Waals surface area contributed by atoms with E-state index in [4.69, 9.17) is 4.74 Å². The highest BCUT2D eigenvalue weighted by atomic mass is 32.2. The van der Waals surface area contributed by atoms with Crippen LogP contribution in [0.2, 0.25) is 0 Å². The molecule has 2 aromatic carbocycles. The van der Waals surface area contributed by atoms with Crippen LogP contribution >= 0.6 is 0 Å². The summed E-state index contributed by atoms with van der Waals surface area (Å²) < 4.78 is 32.9. The van der Waals surface area contributed by atoms with Crippen molar-refractivity contribution in [2.24, 2.45) is 0 Å². The number of carbonyl (C=O) groups is 1. The van der Waals surface area contributed by atoms with E-state index in [2.05, 4.69) is 15.5 Å². The van der Waals surface area contributed by atoms with Gasteiger partial charge in [0.2, 0.25) is 10.0 Å². The number of benzene rings is 2. The van der Waals surface area contributed by atoms with E-state index in [-0.39, 0.29) is 4.90 Å². The van der Waals surface area contributed by atoms with Gasteiger partial charge in [-0.15, -0.1) is 0 Å². The van der Waals surface area contributed by atoms with Crippen molar-refractivity contribution < 1.29 is 17.9 Å². The van der Waals surface area contributed by atoms with Gasteiger partial charge in [0.05, 0.1) is 29.5 Å². The SMILES string of the molecule is CCN(CC)c1ccc(S(=O)(=O)N2CCOCC2)cc1NC(=O)Nc1cccc(C)c1. The van der Waals surface area contributed by atoms with Crippen LogP contribution in [0.15, 0.2) is 47.4 Å². The summed E-state index contributed by atoms with van der Waals surface area (Å²) >= 11 is 0. The van der Waals surface area contributed by atoms with Crippen LogP contribution < -0.4 is 15.5 Å². The molecule has 0 bridgehead atoms. The second kappa shape index (κ2) is 10.1. The second-order valence-corrected chi connectivity index (χ2v) is 9.25. The van der Waals surface area contributed by atoms with Crippen LogP contribution in [0.3, 0.4) is 0 Å². The van der Waals surface area contributed by atoms with Crippen molar-refractivity contribution in [1.82, 2.24) is 4.31 Å². The molecule has 2 aromatic rings. The van der Waals surface area contributed by atoms with E-state index in [0.29, 0.717) is 37.7 Å². The highest BCUT2D eigenvalue weighted by Gasteiger charge is 2.27. The summed E-state index contributed by atoms with van der Waals surface area (Å²) in [6.45, 7) is 8.80. The van der Waals surface area contributed by atoms with Gasteiger partial charge in [-0.3, -0.25) is 0 Å². The minimum Gasteiger partial charge on any atom is -0.379 e. The number of ether oxygens (including phenoxy) is 1. The number of amides is 2. The Morgan fingerprint density at radius 2 is 1.77 bits per heavy atom. The van der Waals surface area contributed by atoms with Gasteiger partial charge < -0.3 is 20.3 Å². The smallest absolute Gasteiger partial charge is 0.323 e. The van der Waals surface area contributed by atoms with Crippen LogP contribution in [-0.4, -0.2) is 58.1 Å². The number of nitrogens with zero attached hydrogens (tertiary/aromatic N) is 2. The van der Waals surface area contributed by atoms with E-state index in [0.717, 1.165) is 24.3 Å². The van der Waals surface area contributed by atoms with E-state index < -0.39 is 16.1 Å². The average Bonchev–Trinajstić information content (AvgIpc) is 2.76. The van der Waals surface area contributed by atoms with Crippen LogP contribution in [0.1, 0.15) is 19.4 Å². The third kappa shape index (κ3) is 5.55. The number of sulfonamides is 1. The highest BCUT2D eigenvalue weighted by molar-refractivity contribution is 7.89. The topological polar surface area (TPSA) is 91.0 Å². The molecule has 1 fully saturated rings. The van der Waals surface area contributed by atoms with Crippen molar-refractivity contribution in [1.29, 1.82) is 0 Å². The molecule has 0 saturated carbocycles. The summed E-state index contributed by atoms with van der Waals surface area (Å²) in [6.07, 6.45) is 0. The normalized spacial score (nSPS) is 14.8. The number of morpholine rings is 1. The molecule has 3 rings (SSSR count). The summed E-state index contributed by atoms with van der Waals surface area (Å²) in [5, 5.41) is 5.65. The Kier molecular flexibility index (Phi) is 7.53. The van der Waals surface area contributed by atoms with Gasteiger partial charge in [0.25, 0.3) is 0 Å². The number of anilines is 3. The van der Waals surface area contributed by atoms with E-state index in [1.165, 1.54) is 10.4 Å². The van der Waals surface area contributed by atoms with Crippen molar-refractivity contribution in [3.05, 3.63) is 48.0 Å². The predicted octanol–water partition coefficient (Wildman–Crippen LogP) is 3.51. The Morgan fingerprint density at radius 3 is 2.42 bits per heavy atom. The molecule has 0 aliphatic carbocycles. The molecule has 0 radical (unpaired) electrons. The van der Waals surface area contributed by atoms with E-state index in [9.17, 15) is 13.2 Å². The second-order valence-electron chi connectivity index (χ2n) is 7.32. The van der Waals surface area contributed by atoms with Crippen molar-refractivity contribution in [3.63, 3.8) is 0 Å². The molecule has 0 atom stereocenters. The standard InChI is InChI=1S/C22H30N4O4S/c1-4-25(5-2)21-10-9-19(31(28,29)26-11-13-30-14-12-26)16-20(21)24-22(27)23-18-8-6-7-17(3)15-18/h6-10,15-16H,4-5,11-14H2,1-3H3,(H2,23,24,27). The zero-order valence-corrected chi connectivity index (χ0v) is 19.0. The van der Waals surface area contributed by atoms with Gasteiger partial charge in [-0.25, -0.2) is 13.2 Å². The molecular formula is C22H30N4O4S. The molecule has 1 heterocycles. The molecule has 0 unspecified atom stereocenters. The zero-order valence-electron chi connectivity index (χ0n) is 18.2. The lowest BCUT2D eigenvalue weighted by molar-refractivity contribution is 0.0730. The maximum absolute atomic E-state index is 13.1. The first-order chi connectivity index (χ1) is 14.8. The van der Waals surface area contributed by atoms with Crippen LogP contribution in [0.5, 0.6) is 0 Å². The zero-order chi connectivity index (χ0) is 22.4. The van der Waals surface area contributed by atoms with Crippen molar-refractivity contribution in [3.8, 4) is 0 Å². The van der Waals surface area contributed by atoms with Crippen LogP contribution in [-0.2, 0) is 14.8 Å². The lowest BCUT2D eigenvalue weighted by Crippen LogP contribution is -2.40. The first-order valence-electron chi connectivity index (χ1n) is 10.5. The summed E-state index contributed by atoms with van der Waals surface area (Å²) in [6, 6.07) is 11.9. The molecule has 0 spiro atoms. The molecule has 1 aliphatic heterocycles. The molecule has 1 aliphatic rings. The lowest BCUT2D eigenvalue weighted by Gasteiger charge is -2.28. The van der Waals surface area contributed by atoms with E-state index in [1.54, 1.807) is 18.2 Å². The third-order valence-electron chi connectivity index (χ3n) is 5.20. The van der Waals surface area contributed by atoms with Crippen LogP contribution in [0, 0.1) is 6.92 Å². The fourth-order valence-corrected chi connectivity index (χ4v) is 4.99. The van der Waals surface area contributed by atoms with E-state index >= 15 is 0 Å². The number of rotatable bonds is 7. The van der Waals surface area contributed by atoms with Crippen molar-refractivity contribution in [2.45, 2.75) is 25.7 Å². The fraction of sp³-hybridized carbons (Fsp3) is 0.409. The minimum atomic E-state index is -3.68. The first kappa shape index (κ1) is 23.1. The number of aryl methyl sites for hydroxylation is 1. The monoisotopic (exact) mass is 446 g/mol. The summed E-state index contributed by atoms with van der Waals surface area (Å²) in [7, 11) is -3.68. The number of hydrogen-bond acceptors (Lipinski definition) is 5. The van der Waals surface area contributed by atoms with E-state index in [1.807, 2.05) is 39.0 Å². The summed E-state index contributed by atoms with van der Waals surface area (Å²) in [5.74, 6) is 0. The number of urea groups is 1. The summed E-state index contributed by atoms with van der Waals surface area (Å²) in [4.78, 5) is 14.9. The van der Waals surface area contributed by atoms with Gasteiger partial charge in [-0.1, -0.05) is 12.1 Å². The molecular weight excluding hydrogens is 416 g/mol. The fourth-order valence-electron chi connectivity index (χ4n) is 3.56. The molecule has 31 heavy (non-hydrogen) atoms. The average molecular weight is 447 g/mol. The Labute approximate surface area is 184 Å². The highest BCUT2D eigenvalue weighted by Crippen LogP contribution is 2.30. The molecule has 168 valence electrons. The number of carbonyl (C=O) groups excluding carboxylic acids is 1. The van der Waals surface area contributed by atoms with Gasteiger partial charge >= 0.3 is 6.03 Å². The third-order valence-corrected chi connectivity index (χ3v) is 7.10. The van der Waals surface area contributed by atoms with Gasteiger partial charge in [0, 0.05) is 31.9 Å². The molecule has 1 saturated heterocycles. The Balaban J connectivity index is 1.91. The Hall–Kier alpha value is -2.62. The van der Waals surface area contributed by atoms with Gasteiger partial charge in [-0.2, -0.15) is 4.31 Å². The quantitative estimate of drug-likeness (QED) is 0.679. The van der Waals surface area contributed by atoms with Gasteiger partial charge in [-0.05, 0) is 56.7 Å². The lowest BCUT2D eigenvalue weighted by atomic mass is 10.2. The number of nitrogens with one attached hydrogen (secondary N) is 2. The van der Waals surface area contributed by atoms with Crippen molar-refractivity contribution in [2.75, 3.05) is 54.9 Å². The van der Waals surface area contributed by atoms with Crippen LogP contribution in [0.4, 0.5) is 21.9 Å². The molecule has 9 heteroatoms. The molecule has 2 amide bonds. The largest absolute Gasteiger partial charge is 0.379 e. The molecule has 0 aromatic heterocycles. The van der Waals surface area contributed by atoms with Gasteiger partial charge in [0.1, 0.15) is 0 Å². The minimum absolute atomic E-state index is 0.149. The molecule has 2 N–H and O–H groups in total. The Bertz CT molecular complexity index is 1020. The maximum Gasteiger partial charge on any atom is 0.323 e. The summed E-state index contributed by atoms with van der Waals surface area (Å²) in [5.41, 5.74) is 2.91.